The summed E-state index contributed by atoms with van der Waals surface area (Å²) in [4.78, 5) is 66.0. The number of rotatable bonds is 12. The Balaban J connectivity index is 1.40. The first-order chi connectivity index (χ1) is 20.6. The topological polar surface area (TPSA) is 174 Å². The van der Waals surface area contributed by atoms with Crippen LogP contribution in [0.4, 0.5) is 4.79 Å². The number of amides is 5. The lowest BCUT2D eigenvalue weighted by Crippen LogP contribution is -2.63. The zero-order valence-electron chi connectivity index (χ0n) is 26.6. The van der Waals surface area contributed by atoms with Crippen LogP contribution in [0.25, 0.3) is 0 Å². The van der Waals surface area contributed by atoms with E-state index in [2.05, 4.69) is 21.3 Å². The summed E-state index contributed by atoms with van der Waals surface area (Å²) in [6.45, 7) is 5.28. The predicted molar refractivity (Wildman–Crippen MR) is 164 cm³/mol. The Morgan fingerprint density at radius 1 is 0.932 bits per heavy atom. The second-order valence-electron chi connectivity index (χ2n) is 14.2. The van der Waals surface area contributed by atoms with Gasteiger partial charge in [0.25, 0.3) is 5.91 Å². The second kappa shape index (κ2) is 13.7. The molecule has 4 rings (SSSR count). The smallest absolute Gasteiger partial charge is 0.315 e. The average molecular weight is 639 g/mol. The summed E-state index contributed by atoms with van der Waals surface area (Å²) in [5, 5.41) is 10.9. The van der Waals surface area contributed by atoms with Crippen molar-refractivity contribution in [1.29, 1.82) is 0 Å². The van der Waals surface area contributed by atoms with Gasteiger partial charge in [0.2, 0.25) is 27.6 Å². The maximum Gasteiger partial charge on any atom is 0.315 e. The van der Waals surface area contributed by atoms with Crippen molar-refractivity contribution in [3.05, 3.63) is 0 Å². The molecule has 2 atom stereocenters. The van der Waals surface area contributed by atoms with Gasteiger partial charge in [0.1, 0.15) is 12.1 Å². The molecule has 248 valence electrons. The molecule has 1 saturated heterocycles. The Bertz CT molecular complexity index is 1220. The minimum atomic E-state index is -3.63. The first-order valence-electron chi connectivity index (χ1n) is 16.1. The molecule has 3 aliphatic carbocycles. The van der Waals surface area contributed by atoms with Crippen molar-refractivity contribution in [2.24, 2.45) is 5.41 Å². The third-order valence-electron chi connectivity index (χ3n) is 9.49. The molecular formula is C30H50N6O7S. The Morgan fingerprint density at radius 2 is 1.59 bits per heavy atom. The van der Waals surface area contributed by atoms with Crippen LogP contribution >= 0.6 is 0 Å². The fourth-order valence-corrected chi connectivity index (χ4v) is 8.27. The van der Waals surface area contributed by atoms with Crippen LogP contribution in [0.3, 0.4) is 0 Å². The van der Waals surface area contributed by atoms with Crippen molar-refractivity contribution < 1.29 is 32.4 Å². The van der Waals surface area contributed by atoms with Gasteiger partial charge in [-0.15, -0.1) is 0 Å². The van der Waals surface area contributed by atoms with Crippen LogP contribution in [0.1, 0.15) is 97.8 Å². The number of nitrogens with zero attached hydrogens (tertiary/aromatic N) is 2. The van der Waals surface area contributed by atoms with Gasteiger partial charge < -0.3 is 26.2 Å². The molecule has 44 heavy (non-hydrogen) atoms. The maximum atomic E-state index is 13.9. The number of carbonyl (C=O) groups is 5. The Labute approximate surface area is 261 Å². The highest BCUT2D eigenvalue weighted by atomic mass is 32.2. The van der Waals surface area contributed by atoms with Gasteiger partial charge in [0.05, 0.1) is 17.8 Å². The zero-order chi connectivity index (χ0) is 32.3. The fourth-order valence-electron chi connectivity index (χ4n) is 6.35. The molecule has 0 unspecified atom stereocenters. The number of nitrogens with one attached hydrogen (secondary N) is 4. The normalized spacial score (nSPS) is 22.9. The Kier molecular flexibility index (Phi) is 10.6. The van der Waals surface area contributed by atoms with E-state index in [1.165, 1.54) is 9.21 Å². The van der Waals surface area contributed by atoms with Gasteiger partial charge in [0.15, 0.2) is 0 Å². The lowest BCUT2D eigenvalue weighted by molar-refractivity contribution is -0.142. The summed E-state index contributed by atoms with van der Waals surface area (Å²) >= 11 is 0. The number of carbonyl (C=O) groups excluding carboxylic acids is 5. The molecule has 13 nitrogen and oxygen atoms in total. The van der Waals surface area contributed by atoms with Gasteiger partial charge in [-0.05, 0) is 56.8 Å². The molecule has 1 aliphatic heterocycles. The minimum Gasteiger partial charge on any atom is -0.347 e. The predicted octanol–water partition coefficient (Wildman–Crippen LogP) is 1.17. The van der Waals surface area contributed by atoms with Gasteiger partial charge in [-0.1, -0.05) is 46.5 Å². The first kappa shape index (κ1) is 34.1. The van der Waals surface area contributed by atoms with Gasteiger partial charge in [-0.3, -0.25) is 19.2 Å². The summed E-state index contributed by atoms with van der Waals surface area (Å²) in [7, 11) is -2.01. The van der Waals surface area contributed by atoms with E-state index >= 15 is 0 Å². The van der Waals surface area contributed by atoms with Gasteiger partial charge in [-0.25, -0.2) is 17.5 Å². The molecule has 0 aromatic carbocycles. The van der Waals surface area contributed by atoms with Crippen LogP contribution in [-0.4, -0.2) is 103 Å². The lowest BCUT2D eigenvalue weighted by atomic mass is 9.83. The maximum absolute atomic E-state index is 13.9. The summed E-state index contributed by atoms with van der Waals surface area (Å²) in [6, 6.07) is -2.43. The highest BCUT2D eigenvalue weighted by Gasteiger charge is 2.45. The van der Waals surface area contributed by atoms with Gasteiger partial charge in [-0.2, -0.15) is 0 Å². The third-order valence-corrected chi connectivity index (χ3v) is 11.6. The molecule has 1 heterocycles. The fraction of sp³-hybridized carbons (Fsp3) is 0.833. The van der Waals surface area contributed by atoms with Crippen molar-refractivity contribution >= 4 is 39.6 Å². The molecule has 0 aromatic rings. The van der Waals surface area contributed by atoms with Crippen LogP contribution < -0.4 is 21.3 Å². The molecule has 4 fully saturated rings. The molecule has 4 aliphatic rings. The average Bonchev–Trinajstić information content (AvgIpc) is 3.59. The SMILES string of the molecule is CN(C1CCC1)S(=O)(=O)CC1(NC(=O)N[C@H](C(=O)N2CCC[C@H]2C(=O)NCC(=O)C(=O)NC2CC2)C(C)(C)C)CCCCC1. The first-order valence-corrected chi connectivity index (χ1v) is 17.7. The molecule has 14 heteroatoms. The zero-order valence-corrected chi connectivity index (χ0v) is 27.4. The van der Waals surface area contributed by atoms with E-state index in [0.29, 0.717) is 32.2 Å². The third kappa shape index (κ3) is 8.49. The standard InChI is InChI=1S/C30H50N6O7S/c1-29(2,3)24(27(40)36-17-9-12-22(36)25(38)31-18-23(37)26(39)32-20-13-14-20)33-28(41)34-30(15-6-5-7-16-30)19-44(42,43)35(4)21-10-8-11-21/h20-22,24H,5-19H2,1-4H3,(H,31,38)(H,32,39)(H2,33,34,41)/t22-,24+/m0/s1. The number of hydrogen-bond donors (Lipinski definition) is 4. The number of sulfonamides is 1. The summed E-state index contributed by atoms with van der Waals surface area (Å²) in [5.41, 5.74) is -1.68. The molecule has 4 N–H and O–H groups in total. The van der Waals surface area contributed by atoms with Gasteiger partial charge in [0, 0.05) is 25.7 Å². The van der Waals surface area contributed by atoms with Crippen molar-refractivity contribution in [3.8, 4) is 0 Å². The van der Waals surface area contributed by atoms with E-state index < -0.39 is 69.1 Å². The van der Waals surface area contributed by atoms with E-state index in [-0.39, 0.29) is 17.8 Å². The number of likely N-dealkylation sites (tertiary alicyclic amines) is 1. The van der Waals surface area contributed by atoms with Crippen molar-refractivity contribution in [3.63, 3.8) is 0 Å². The lowest BCUT2D eigenvalue weighted by Gasteiger charge is -2.42. The second-order valence-corrected chi connectivity index (χ2v) is 16.2. The van der Waals surface area contributed by atoms with Crippen LogP contribution in [0.2, 0.25) is 0 Å². The summed E-state index contributed by atoms with van der Waals surface area (Å²) < 4.78 is 28.2. The molecule has 3 saturated carbocycles. The van der Waals surface area contributed by atoms with Crippen LogP contribution in [0, 0.1) is 5.41 Å². The van der Waals surface area contributed by atoms with E-state index in [4.69, 9.17) is 0 Å². The number of hydrogen-bond acceptors (Lipinski definition) is 7. The molecular weight excluding hydrogens is 588 g/mol. The van der Waals surface area contributed by atoms with Crippen molar-refractivity contribution in [1.82, 2.24) is 30.5 Å². The summed E-state index contributed by atoms with van der Waals surface area (Å²) in [6.07, 6.45) is 8.91. The van der Waals surface area contributed by atoms with Gasteiger partial charge >= 0.3 is 6.03 Å². The minimum absolute atomic E-state index is 0.000909. The molecule has 0 radical (unpaired) electrons. The Morgan fingerprint density at radius 3 is 2.16 bits per heavy atom. The van der Waals surface area contributed by atoms with Crippen LogP contribution in [0.5, 0.6) is 0 Å². The molecule has 0 bridgehead atoms. The summed E-state index contributed by atoms with van der Waals surface area (Å²) in [5.74, 6) is -2.63. The highest BCUT2D eigenvalue weighted by molar-refractivity contribution is 7.89. The van der Waals surface area contributed by atoms with E-state index in [0.717, 1.165) is 51.4 Å². The van der Waals surface area contributed by atoms with E-state index in [9.17, 15) is 32.4 Å². The monoisotopic (exact) mass is 638 g/mol. The van der Waals surface area contributed by atoms with E-state index in [1.807, 2.05) is 20.8 Å². The van der Waals surface area contributed by atoms with Crippen LogP contribution in [0.15, 0.2) is 0 Å². The number of urea groups is 1. The molecule has 5 amide bonds. The largest absolute Gasteiger partial charge is 0.347 e. The molecule has 0 spiro atoms. The van der Waals surface area contributed by atoms with Crippen molar-refractivity contribution in [2.45, 2.75) is 128 Å². The van der Waals surface area contributed by atoms with Crippen molar-refractivity contribution in [2.75, 3.05) is 25.9 Å². The number of Topliss-reactive ketones (excluding diaryl/α,β-unsaturated/α-hetero) is 1. The highest BCUT2D eigenvalue weighted by Crippen LogP contribution is 2.33. The number of ketones is 1. The quantitative estimate of drug-likeness (QED) is 0.232. The van der Waals surface area contributed by atoms with E-state index in [1.54, 1.807) is 7.05 Å². The Hall–Kier alpha value is -2.74. The van der Waals surface area contributed by atoms with Crippen LogP contribution in [-0.2, 0) is 29.2 Å². The molecule has 0 aromatic heterocycles.